The molecule has 0 saturated heterocycles. The lowest BCUT2D eigenvalue weighted by Gasteiger charge is -2.36. The summed E-state index contributed by atoms with van der Waals surface area (Å²) in [6.07, 6.45) is 2.94. The molecule has 3 aromatic rings. The van der Waals surface area contributed by atoms with E-state index in [2.05, 4.69) is 46.6 Å². The number of carbonyl (C=O) groups excluding carboxylic acids is 1. The van der Waals surface area contributed by atoms with Crippen LogP contribution in [0.25, 0.3) is 10.2 Å². The summed E-state index contributed by atoms with van der Waals surface area (Å²) in [5, 5.41) is 3.19. The van der Waals surface area contributed by atoms with Crippen LogP contribution in [-0.2, 0) is 31.4 Å². The summed E-state index contributed by atoms with van der Waals surface area (Å²) in [7, 11) is 1.81. The van der Waals surface area contributed by atoms with Crippen molar-refractivity contribution in [2.45, 2.75) is 44.4 Å². The van der Waals surface area contributed by atoms with Gasteiger partial charge in [-0.1, -0.05) is 41.7 Å². The number of rotatable bonds is 4. The zero-order valence-corrected chi connectivity index (χ0v) is 16.7. The maximum Gasteiger partial charge on any atom is 0.307 e. The Balaban J connectivity index is 1.45. The smallest absolute Gasteiger partial charge is 0.307 e. The van der Waals surface area contributed by atoms with Gasteiger partial charge in [-0.15, -0.1) is 0 Å². The van der Waals surface area contributed by atoms with Crippen molar-refractivity contribution in [3.63, 3.8) is 0 Å². The highest BCUT2D eigenvalue weighted by Gasteiger charge is 2.34. The minimum Gasteiger partial charge on any atom is -0.352 e. The lowest BCUT2D eigenvalue weighted by atomic mass is 9.93. The number of amides is 1. The second kappa shape index (κ2) is 6.87. The minimum absolute atomic E-state index is 0.0562. The molecule has 5 nitrogen and oxygen atoms in total. The third-order valence-electron chi connectivity index (χ3n) is 5.81. The van der Waals surface area contributed by atoms with Crippen LogP contribution in [0.5, 0.6) is 0 Å². The van der Waals surface area contributed by atoms with Gasteiger partial charge in [-0.3, -0.25) is 14.5 Å². The molecule has 1 aliphatic carbocycles. The SMILES string of the molecule is Cn1c(=O)sc2cc(CN3Cc4ccccc4C[C@H]3C(=O)NC3CC3)ccc21. The molecule has 6 heteroatoms. The topological polar surface area (TPSA) is 54.3 Å². The van der Waals surface area contributed by atoms with Crippen molar-refractivity contribution in [3.8, 4) is 0 Å². The lowest BCUT2D eigenvalue weighted by Crippen LogP contribution is -2.50. The fourth-order valence-corrected chi connectivity index (χ4v) is 4.98. The van der Waals surface area contributed by atoms with Gasteiger partial charge in [-0.05, 0) is 48.1 Å². The summed E-state index contributed by atoms with van der Waals surface area (Å²) in [6.45, 7) is 1.46. The molecule has 2 heterocycles. The fraction of sp³-hybridized carbons (Fsp3) is 0.364. The summed E-state index contributed by atoms with van der Waals surface area (Å²) < 4.78 is 2.69. The molecule has 1 aliphatic heterocycles. The Morgan fingerprint density at radius 3 is 2.75 bits per heavy atom. The van der Waals surface area contributed by atoms with E-state index in [1.807, 2.05) is 6.07 Å². The van der Waals surface area contributed by atoms with Crippen LogP contribution in [0.1, 0.15) is 29.5 Å². The Labute approximate surface area is 167 Å². The second-order valence-electron chi connectivity index (χ2n) is 7.91. The quantitative estimate of drug-likeness (QED) is 0.742. The zero-order chi connectivity index (χ0) is 19.3. The molecule has 0 spiro atoms. The number of hydrogen-bond donors (Lipinski definition) is 1. The lowest BCUT2D eigenvalue weighted by molar-refractivity contribution is -0.127. The van der Waals surface area contributed by atoms with Crippen LogP contribution in [0, 0.1) is 0 Å². The standard InChI is InChI=1S/C22H23N3O2S/c1-24-18-9-6-14(10-20(18)28-22(24)27)12-25-13-16-5-3-2-4-15(16)11-19(25)21(26)23-17-7-8-17/h2-6,9-10,17,19H,7-8,11-13H2,1H3,(H,23,26)/t19-/m0/s1. The number of carbonyl (C=O) groups is 1. The summed E-state index contributed by atoms with van der Waals surface area (Å²) in [5.41, 5.74) is 4.67. The van der Waals surface area contributed by atoms with E-state index in [0.717, 1.165) is 41.6 Å². The zero-order valence-electron chi connectivity index (χ0n) is 15.9. The van der Waals surface area contributed by atoms with Crippen LogP contribution < -0.4 is 10.2 Å². The highest BCUT2D eigenvalue weighted by molar-refractivity contribution is 7.16. The van der Waals surface area contributed by atoms with Crippen molar-refractivity contribution < 1.29 is 4.79 Å². The molecule has 2 aromatic carbocycles. The van der Waals surface area contributed by atoms with Crippen molar-refractivity contribution in [2.24, 2.45) is 7.05 Å². The van der Waals surface area contributed by atoms with Crippen molar-refractivity contribution >= 4 is 27.5 Å². The first-order valence-corrected chi connectivity index (χ1v) is 10.6. The Hall–Kier alpha value is -2.44. The number of fused-ring (bicyclic) bond motifs is 2. The Morgan fingerprint density at radius 2 is 1.96 bits per heavy atom. The number of thiazole rings is 1. The van der Waals surface area contributed by atoms with E-state index in [9.17, 15) is 9.59 Å². The van der Waals surface area contributed by atoms with E-state index in [1.54, 1.807) is 11.6 Å². The van der Waals surface area contributed by atoms with Gasteiger partial charge in [0.1, 0.15) is 0 Å². The van der Waals surface area contributed by atoms with Crippen LogP contribution >= 0.6 is 11.3 Å². The van der Waals surface area contributed by atoms with Gasteiger partial charge in [0, 0.05) is 26.2 Å². The van der Waals surface area contributed by atoms with E-state index in [4.69, 9.17) is 0 Å². The van der Waals surface area contributed by atoms with E-state index >= 15 is 0 Å². The summed E-state index contributed by atoms with van der Waals surface area (Å²) in [4.78, 5) is 27.2. The van der Waals surface area contributed by atoms with Gasteiger partial charge in [0.05, 0.1) is 16.3 Å². The third-order valence-corrected chi connectivity index (χ3v) is 6.81. The maximum absolute atomic E-state index is 12.9. The van der Waals surface area contributed by atoms with E-state index in [-0.39, 0.29) is 16.8 Å². The van der Waals surface area contributed by atoms with Gasteiger partial charge >= 0.3 is 4.87 Å². The summed E-state index contributed by atoms with van der Waals surface area (Å²) in [6, 6.07) is 14.8. The number of benzene rings is 2. The molecule has 1 atom stereocenters. The molecule has 1 amide bonds. The van der Waals surface area contributed by atoms with E-state index in [1.165, 1.54) is 22.5 Å². The van der Waals surface area contributed by atoms with Crippen LogP contribution in [0.3, 0.4) is 0 Å². The first-order valence-electron chi connectivity index (χ1n) is 9.78. The molecule has 0 unspecified atom stereocenters. The molecule has 1 saturated carbocycles. The summed E-state index contributed by atoms with van der Waals surface area (Å²) in [5.74, 6) is 0.141. The van der Waals surface area contributed by atoms with Gasteiger partial charge in [0.2, 0.25) is 5.91 Å². The Morgan fingerprint density at radius 1 is 1.18 bits per heavy atom. The van der Waals surface area contributed by atoms with Crippen LogP contribution in [-0.4, -0.2) is 27.5 Å². The molecule has 0 radical (unpaired) electrons. The van der Waals surface area contributed by atoms with Crippen LogP contribution in [0.4, 0.5) is 0 Å². The predicted octanol–water partition coefficient (Wildman–Crippen LogP) is 2.81. The minimum atomic E-state index is -0.152. The van der Waals surface area contributed by atoms with Gasteiger partial charge in [-0.25, -0.2) is 0 Å². The number of aryl methyl sites for hydroxylation is 1. The molecule has 5 rings (SSSR count). The molecule has 0 bridgehead atoms. The second-order valence-corrected chi connectivity index (χ2v) is 8.90. The fourth-order valence-electron chi connectivity index (χ4n) is 4.04. The normalized spacial score (nSPS) is 19.5. The van der Waals surface area contributed by atoms with Gasteiger partial charge < -0.3 is 9.88 Å². The van der Waals surface area contributed by atoms with Gasteiger partial charge in [-0.2, -0.15) is 0 Å². The molecule has 1 N–H and O–H groups in total. The predicted molar refractivity (Wildman–Crippen MR) is 111 cm³/mol. The highest BCUT2D eigenvalue weighted by atomic mass is 32.1. The first-order chi connectivity index (χ1) is 13.6. The monoisotopic (exact) mass is 393 g/mol. The molecule has 144 valence electrons. The first kappa shape index (κ1) is 17.6. The van der Waals surface area contributed by atoms with Crippen molar-refractivity contribution in [2.75, 3.05) is 0 Å². The number of nitrogens with one attached hydrogen (secondary N) is 1. The van der Waals surface area contributed by atoms with Crippen molar-refractivity contribution in [3.05, 3.63) is 68.8 Å². The average Bonchev–Trinajstić information content (AvgIpc) is 3.46. The molecule has 1 fully saturated rings. The molecular formula is C22H23N3O2S. The molecule has 1 aromatic heterocycles. The Bertz CT molecular complexity index is 1110. The average molecular weight is 394 g/mol. The van der Waals surface area contributed by atoms with Gasteiger partial charge in [0.25, 0.3) is 0 Å². The van der Waals surface area contributed by atoms with Crippen LogP contribution in [0.15, 0.2) is 47.3 Å². The maximum atomic E-state index is 12.9. The van der Waals surface area contributed by atoms with E-state index in [0.29, 0.717) is 12.6 Å². The number of nitrogens with zero attached hydrogens (tertiary/aromatic N) is 2. The third kappa shape index (κ3) is 3.27. The molecule has 2 aliphatic rings. The highest BCUT2D eigenvalue weighted by Crippen LogP contribution is 2.28. The van der Waals surface area contributed by atoms with Crippen molar-refractivity contribution in [1.29, 1.82) is 0 Å². The van der Waals surface area contributed by atoms with Crippen LogP contribution in [0.2, 0.25) is 0 Å². The molecular weight excluding hydrogens is 370 g/mol. The van der Waals surface area contributed by atoms with Crippen molar-refractivity contribution in [1.82, 2.24) is 14.8 Å². The largest absolute Gasteiger partial charge is 0.352 e. The Kier molecular flexibility index (Phi) is 4.33. The number of hydrogen-bond acceptors (Lipinski definition) is 4. The summed E-state index contributed by atoms with van der Waals surface area (Å²) >= 11 is 1.28. The number of aromatic nitrogens is 1. The molecule has 28 heavy (non-hydrogen) atoms. The van der Waals surface area contributed by atoms with E-state index < -0.39 is 0 Å². The van der Waals surface area contributed by atoms with Gasteiger partial charge in [0.15, 0.2) is 0 Å².